The van der Waals surface area contributed by atoms with E-state index in [9.17, 15) is 14.4 Å². The summed E-state index contributed by atoms with van der Waals surface area (Å²) in [6.45, 7) is 0.914. The monoisotopic (exact) mass is 424 g/mol. The van der Waals surface area contributed by atoms with Crippen LogP contribution in [-0.4, -0.2) is 56.1 Å². The van der Waals surface area contributed by atoms with Gasteiger partial charge in [0.15, 0.2) is 11.5 Å². The van der Waals surface area contributed by atoms with Crippen molar-refractivity contribution in [2.45, 2.75) is 25.4 Å². The molecule has 2 aliphatic heterocycles. The van der Waals surface area contributed by atoms with Gasteiger partial charge in [0.05, 0.1) is 44.4 Å². The highest BCUT2D eigenvalue weighted by atomic mass is 16.5. The summed E-state index contributed by atoms with van der Waals surface area (Å²) in [6, 6.07) is 10.0. The molecule has 2 aliphatic rings. The van der Waals surface area contributed by atoms with Crippen LogP contribution in [0.2, 0.25) is 0 Å². The maximum Gasteiger partial charge on any atom is 0.261 e. The highest BCUT2D eigenvalue weighted by molar-refractivity contribution is 6.21. The zero-order valence-corrected chi connectivity index (χ0v) is 17.5. The second-order valence-corrected chi connectivity index (χ2v) is 7.53. The molecule has 1 atom stereocenters. The number of amides is 3. The number of imide groups is 1. The fourth-order valence-electron chi connectivity index (χ4n) is 3.91. The maximum absolute atomic E-state index is 12.8. The van der Waals surface area contributed by atoms with Crippen LogP contribution in [0.25, 0.3) is 0 Å². The van der Waals surface area contributed by atoms with Gasteiger partial charge in [0.1, 0.15) is 0 Å². The Labute approximate surface area is 180 Å². The average molecular weight is 424 g/mol. The van der Waals surface area contributed by atoms with Crippen molar-refractivity contribution in [3.63, 3.8) is 0 Å². The molecule has 1 fully saturated rings. The van der Waals surface area contributed by atoms with E-state index in [1.807, 2.05) is 0 Å². The minimum absolute atomic E-state index is 0.108. The summed E-state index contributed by atoms with van der Waals surface area (Å²) >= 11 is 0. The molecule has 0 aliphatic carbocycles. The topological polar surface area (TPSA) is 94.2 Å². The van der Waals surface area contributed by atoms with Crippen molar-refractivity contribution in [2.24, 2.45) is 0 Å². The number of nitrogens with zero attached hydrogens (tertiary/aromatic N) is 1. The Morgan fingerprint density at radius 3 is 2.55 bits per heavy atom. The fraction of sp³-hybridized carbons (Fsp3) is 0.348. The minimum atomic E-state index is -0.355. The van der Waals surface area contributed by atoms with E-state index in [0.717, 1.165) is 18.4 Å². The van der Waals surface area contributed by atoms with Gasteiger partial charge in [-0.2, -0.15) is 0 Å². The first-order valence-electron chi connectivity index (χ1n) is 10.1. The van der Waals surface area contributed by atoms with Crippen molar-refractivity contribution in [3.05, 3.63) is 53.1 Å². The van der Waals surface area contributed by atoms with Crippen molar-refractivity contribution in [1.29, 1.82) is 0 Å². The van der Waals surface area contributed by atoms with Crippen LogP contribution in [0.15, 0.2) is 36.4 Å². The molecule has 1 unspecified atom stereocenters. The summed E-state index contributed by atoms with van der Waals surface area (Å²) in [5, 5.41) is 2.79. The Morgan fingerprint density at radius 2 is 1.84 bits per heavy atom. The van der Waals surface area contributed by atoms with Crippen molar-refractivity contribution < 1.29 is 28.6 Å². The summed E-state index contributed by atoms with van der Waals surface area (Å²) in [5.74, 6) is 0.201. The number of carbonyl (C=O) groups is 3. The van der Waals surface area contributed by atoms with E-state index in [-0.39, 0.29) is 36.8 Å². The van der Waals surface area contributed by atoms with Crippen LogP contribution >= 0.6 is 0 Å². The lowest BCUT2D eigenvalue weighted by molar-refractivity contribution is -0.115. The van der Waals surface area contributed by atoms with Crippen LogP contribution in [0.1, 0.15) is 39.1 Å². The fourth-order valence-corrected chi connectivity index (χ4v) is 3.91. The van der Waals surface area contributed by atoms with Crippen LogP contribution in [0, 0.1) is 0 Å². The third-order valence-corrected chi connectivity index (χ3v) is 5.48. The number of benzene rings is 2. The summed E-state index contributed by atoms with van der Waals surface area (Å²) in [5.41, 5.74) is 1.86. The Morgan fingerprint density at radius 1 is 1.06 bits per heavy atom. The molecule has 8 nitrogen and oxygen atoms in total. The number of carbonyl (C=O) groups excluding carboxylic acids is 3. The molecule has 2 aromatic carbocycles. The molecule has 4 rings (SSSR count). The van der Waals surface area contributed by atoms with Gasteiger partial charge in [-0.15, -0.1) is 0 Å². The molecular formula is C23H24N2O6. The van der Waals surface area contributed by atoms with Crippen molar-refractivity contribution in [2.75, 3.05) is 32.7 Å². The summed E-state index contributed by atoms with van der Waals surface area (Å²) < 4.78 is 16.0. The zero-order valence-electron chi connectivity index (χ0n) is 17.5. The van der Waals surface area contributed by atoms with Gasteiger partial charge in [-0.1, -0.05) is 6.07 Å². The van der Waals surface area contributed by atoms with E-state index in [1.165, 1.54) is 12.0 Å². The van der Waals surface area contributed by atoms with Gasteiger partial charge in [0.25, 0.3) is 11.8 Å². The van der Waals surface area contributed by atoms with E-state index >= 15 is 0 Å². The maximum atomic E-state index is 12.8. The van der Waals surface area contributed by atoms with Crippen LogP contribution in [0.4, 0.5) is 5.69 Å². The number of methoxy groups -OCH3 is 2. The molecule has 2 aromatic rings. The number of rotatable bonds is 7. The molecule has 0 saturated carbocycles. The van der Waals surface area contributed by atoms with E-state index in [1.54, 1.807) is 43.5 Å². The van der Waals surface area contributed by atoms with Crippen LogP contribution in [0.5, 0.6) is 11.5 Å². The van der Waals surface area contributed by atoms with E-state index in [4.69, 9.17) is 14.2 Å². The van der Waals surface area contributed by atoms with Crippen molar-refractivity contribution in [3.8, 4) is 11.5 Å². The first-order valence-corrected chi connectivity index (χ1v) is 10.1. The Kier molecular flexibility index (Phi) is 5.90. The summed E-state index contributed by atoms with van der Waals surface area (Å²) in [7, 11) is 3.08. The van der Waals surface area contributed by atoms with E-state index < -0.39 is 0 Å². The lowest BCUT2D eigenvalue weighted by atomic mass is 10.1. The third-order valence-electron chi connectivity index (χ3n) is 5.48. The number of ether oxygens (including phenoxy) is 3. The molecule has 0 radical (unpaired) electrons. The highest BCUT2D eigenvalue weighted by Gasteiger charge is 2.37. The SMILES string of the molecule is COc1ccc(CC(=O)Nc2ccc3c(c2)C(=O)N(CC2CCCO2)C3=O)cc1OC. The molecular weight excluding hydrogens is 400 g/mol. The molecule has 2 heterocycles. The Balaban J connectivity index is 1.44. The van der Waals surface area contributed by atoms with Crippen LogP contribution in [0.3, 0.4) is 0 Å². The number of nitrogens with one attached hydrogen (secondary N) is 1. The molecule has 162 valence electrons. The second kappa shape index (κ2) is 8.77. The summed E-state index contributed by atoms with van der Waals surface area (Å²) in [6.07, 6.45) is 1.78. The van der Waals surface area contributed by atoms with Gasteiger partial charge in [0, 0.05) is 12.3 Å². The number of hydrogen-bond acceptors (Lipinski definition) is 6. The normalized spacial score (nSPS) is 17.6. The molecule has 1 N–H and O–H groups in total. The molecule has 3 amide bonds. The van der Waals surface area contributed by atoms with Gasteiger partial charge in [-0.25, -0.2) is 0 Å². The van der Waals surface area contributed by atoms with Gasteiger partial charge in [-0.05, 0) is 48.7 Å². The largest absolute Gasteiger partial charge is 0.493 e. The van der Waals surface area contributed by atoms with E-state index in [0.29, 0.717) is 34.9 Å². The van der Waals surface area contributed by atoms with Gasteiger partial charge >= 0.3 is 0 Å². The van der Waals surface area contributed by atoms with E-state index in [2.05, 4.69) is 5.32 Å². The van der Waals surface area contributed by atoms with Gasteiger partial charge < -0.3 is 19.5 Å². The average Bonchev–Trinajstić information content (AvgIpc) is 3.36. The Hall–Kier alpha value is -3.39. The minimum Gasteiger partial charge on any atom is -0.493 e. The number of hydrogen-bond donors (Lipinski definition) is 1. The zero-order chi connectivity index (χ0) is 22.0. The van der Waals surface area contributed by atoms with Gasteiger partial charge in [-0.3, -0.25) is 19.3 Å². The number of fused-ring (bicyclic) bond motifs is 1. The Bertz CT molecular complexity index is 1030. The molecule has 31 heavy (non-hydrogen) atoms. The third kappa shape index (κ3) is 4.25. The van der Waals surface area contributed by atoms with Crippen LogP contribution < -0.4 is 14.8 Å². The predicted octanol–water partition coefficient (Wildman–Crippen LogP) is 2.66. The lowest BCUT2D eigenvalue weighted by Crippen LogP contribution is -2.36. The lowest BCUT2D eigenvalue weighted by Gasteiger charge is -2.17. The highest BCUT2D eigenvalue weighted by Crippen LogP contribution is 2.29. The second-order valence-electron chi connectivity index (χ2n) is 7.53. The number of anilines is 1. The van der Waals surface area contributed by atoms with Crippen molar-refractivity contribution >= 4 is 23.4 Å². The summed E-state index contributed by atoms with van der Waals surface area (Å²) in [4.78, 5) is 39.1. The van der Waals surface area contributed by atoms with Gasteiger partial charge in [0.2, 0.25) is 5.91 Å². The molecule has 0 aromatic heterocycles. The first kappa shape index (κ1) is 20.9. The molecule has 0 spiro atoms. The molecule has 1 saturated heterocycles. The smallest absolute Gasteiger partial charge is 0.261 e. The molecule has 8 heteroatoms. The standard InChI is InChI=1S/C23H24N2O6/c1-29-19-8-5-14(10-20(19)30-2)11-21(26)24-15-6-7-17-18(12-15)23(28)25(22(17)27)13-16-4-3-9-31-16/h5-8,10,12,16H,3-4,9,11,13H2,1-2H3,(H,24,26). The predicted molar refractivity (Wildman–Crippen MR) is 113 cm³/mol. The quantitative estimate of drug-likeness (QED) is 0.687. The van der Waals surface area contributed by atoms with Crippen LogP contribution in [-0.2, 0) is 16.0 Å². The molecule has 0 bridgehead atoms. The first-order chi connectivity index (χ1) is 15.0. The van der Waals surface area contributed by atoms with Crippen molar-refractivity contribution in [1.82, 2.24) is 4.90 Å².